The van der Waals surface area contributed by atoms with E-state index >= 15 is 0 Å². The molecule has 4 nitrogen and oxygen atoms in total. The number of hydrogen-bond acceptors (Lipinski definition) is 5. The van der Waals surface area contributed by atoms with Gasteiger partial charge in [0.25, 0.3) is 0 Å². The zero-order valence-corrected chi connectivity index (χ0v) is 15.2. The van der Waals surface area contributed by atoms with Crippen molar-refractivity contribution in [3.05, 3.63) is 52.6 Å². The first kappa shape index (κ1) is 15.7. The standard InChI is InChI=1S/C19H22N4S/c1-19(2,3)18-21-10-14-11-23(8-6-16(14)22-18)12-15-9-13-5-4-7-20-17(13)24-15/h4-5,7,9-10H,6,8,11-12H2,1-3H3. The van der Waals surface area contributed by atoms with Crippen LogP contribution in [-0.4, -0.2) is 26.4 Å². The molecule has 3 aromatic heterocycles. The molecule has 0 N–H and O–H groups in total. The maximum atomic E-state index is 4.82. The molecule has 0 saturated heterocycles. The van der Waals surface area contributed by atoms with Crippen LogP contribution in [0.2, 0.25) is 0 Å². The summed E-state index contributed by atoms with van der Waals surface area (Å²) >= 11 is 1.79. The van der Waals surface area contributed by atoms with Crippen LogP contribution in [0.3, 0.4) is 0 Å². The summed E-state index contributed by atoms with van der Waals surface area (Å²) in [5.74, 6) is 0.949. The molecule has 1 aliphatic rings. The van der Waals surface area contributed by atoms with Gasteiger partial charge in [-0.15, -0.1) is 11.3 Å². The summed E-state index contributed by atoms with van der Waals surface area (Å²) in [4.78, 5) is 18.8. The van der Waals surface area contributed by atoms with Crippen molar-refractivity contribution in [1.82, 2.24) is 19.9 Å². The fraction of sp³-hybridized carbons (Fsp3) is 0.421. The predicted octanol–water partition coefficient (Wildman–Crippen LogP) is 3.94. The van der Waals surface area contributed by atoms with Crippen LogP contribution < -0.4 is 0 Å². The van der Waals surface area contributed by atoms with Crippen molar-refractivity contribution >= 4 is 21.6 Å². The van der Waals surface area contributed by atoms with Crippen LogP contribution in [0.5, 0.6) is 0 Å². The van der Waals surface area contributed by atoms with E-state index in [9.17, 15) is 0 Å². The third kappa shape index (κ3) is 3.06. The number of fused-ring (bicyclic) bond motifs is 2. The van der Waals surface area contributed by atoms with E-state index in [2.05, 4.69) is 47.8 Å². The third-order valence-electron chi connectivity index (χ3n) is 4.41. The zero-order valence-electron chi connectivity index (χ0n) is 14.4. The molecule has 4 rings (SSSR count). The highest BCUT2D eigenvalue weighted by atomic mass is 32.1. The predicted molar refractivity (Wildman–Crippen MR) is 98.2 cm³/mol. The van der Waals surface area contributed by atoms with E-state index in [1.807, 2.05) is 18.5 Å². The number of nitrogens with zero attached hydrogens (tertiary/aromatic N) is 4. The topological polar surface area (TPSA) is 41.9 Å². The highest BCUT2D eigenvalue weighted by molar-refractivity contribution is 7.18. The Morgan fingerprint density at radius 1 is 1.25 bits per heavy atom. The number of aromatic nitrogens is 3. The summed E-state index contributed by atoms with van der Waals surface area (Å²) in [5, 5.41) is 1.24. The molecule has 0 saturated carbocycles. The summed E-state index contributed by atoms with van der Waals surface area (Å²) < 4.78 is 0. The zero-order chi connectivity index (χ0) is 16.7. The molecule has 0 amide bonds. The lowest BCUT2D eigenvalue weighted by molar-refractivity contribution is 0.244. The van der Waals surface area contributed by atoms with Crippen LogP contribution in [-0.2, 0) is 24.9 Å². The number of pyridine rings is 1. The molecule has 1 aliphatic heterocycles. The Morgan fingerprint density at radius 2 is 2.12 bits per heavy atom. The van der Waals surface area contributed by atoms with E-state index in [-0.39, 0.29) is 5.41 Å². The normalized spacial score (nSPS) is 15.6. The van der Waals surface area contributed by atoms with Gasteiger partial charge >= 0.3 is 0 Å². The summed E-state index contributed by atoms with van der Waals surface area (Å²) in [6.07, 6.45) is 4.90. The molecule has 24 heavy (non-hydrogen) atoms. The van der Waals surface area contributed by atoms with Crippen LogP contribution >= 0.6 is 11.3 Å². The minimum atomic E-state index is 0.0102. The van der Waals surface area contributed by atoms with Gasteiger partial charge in [-0.1, -0.05) is 26.8 Å². The summed E-state index contributed by atoms with van der Waals surface area (Å²) in [7, 11) is 0. The summed E-state index contributed by atoms with van der Waals surface area (Å²) in [5.41, 5.74) is 2.51. The number of rotatable bonds is 2. The van der Waals surface area contributed by atoms with Crippen molar-refractivity contribution in [3.63, 3.8) is 0 Å². The Balaban J connectivity index is 1.52. The van der Waals surface area contributed by atoms with Gasteiger partial charge < -0.3 is 0 Å². The minimum absolute atomic E-state index is 0.0102. The molecule has 0 aromatic carbocycles. The molecule has 4 heterocycles. The van der Waals surface area contributed by atoms with E-state index in [1.54, 1.807) is 11.3 Å². The third-order valence-corrected chi connectivity index (χ3v) is 5.45. The van der Waals surface area contributed by atoms with E-state index in [4.69, 9.17) is 4.98 Å². The molecular weight excluding hydrogens is 316 g/mol. The lowest BCUT2D eigenvalue weighted by atomic mass is 9.95. The Kier molecular flexibility index (Phi) is 3.85. The Labute approximate surface area is 146 Å². The van der Waals surface area contributed by atoms with E-state index in [0.717, 1.165) is 36.7 Å². The van der Waals surface area contributed by atoms with E-state index in [1.165, 1.54) is 21.5 Å². The SMILES string of the molecule is CC(C)(C)c1ncc2c(n1)CCN(Cc1cc3cccnc3s1)C2. The van der Waals surface area contributed by atoms with Gasteiger partial charge in [-0.05, 0) is 12.1 Å². The molecule has 5 heteroatoms. The minimum Gasteiger partial charge on any atom is -0.293 e. The second kappa shape index (κ2) is 5.90. The smallest absolute Gasteiger partial charge is 0.133 e. The van der Waals surface area contributed by atoms with Gasteiger partial charge in [0.1, 0.15) is 10.7 Å². The second-order valence-corrected chi connectivity index (χ2v) is 8.60. The van der Waals surface area contributed by atoms with Gasteiger partial charge in [0.2, 0.25) is 0 Å². The lowest BCUT2D eigenvalue weighted by Gasteiger charge is -2.28. The first-order valence-electron chi connectivity index (χ1n) is 8.40. The van der Waals surface area contributed by atoms with Crippen LogP contribution in [0.25, 0.3) is 10.2 Å². The van der Waals surface area contributed by atoms with Gasteiger partial charge in [-0.2, -0.15) is 0 Å². The Bertz CT molecular complexity index is 845. The Morgan fingerprint density at radius 3 is 2.92 bits per heavy atom. The molecule has 0 bridgehead atoms. The van der Waals surface area contributed by atoms with E-state index in [0.29, 0.717) is 0 Å². The van der Waals surface area contributed by atoms with Gasteiger partial charge in [-0.3, -0.25) is 4.90 Å². The molecule has 0 radical (unpaired) electrons. The fourth-order valence-electron chi connectivity index (χ4n) is 3.09. The van der Waals surface area contributed by atoms with Crippen LogP contribution in [0, 0.1) is 0 Å². The Hall–Kier alpha value is -1.85. The molecule has 0 spiro atoms. The van der Waals surface area contributed by atoms with Crippen molar-refractivity contribution in [1.29, 1.82) is 0 Å². The molecule has 0 atom stereocenters. The largest absolute Gasteiger partial charge is 0.293 e. The monoisotopic (exact) mass is 338 g/mol. The first-order valence-corrected chi connectivity index (χ1v) is 9.22. The van der Waals surface area contributed by atoms with Gasteiger partial charge in [0.05, 0.1) is 0 Å². The van der Waals surface area contributed by atoms with Crippen LogP contribution in [0.1, 0.15) is 42.7 Å². The second-order valence-electron chi connectivity index (χ2n) is 7.49. The molecule has 0 unspecified atom stereocenters. The van der Waals surface area contributed by atoms with Crippen LogP contribution in [0.15, 0.2) is 30.6 Å². The van der Waals surface area contributed by atoms with Gasteiger partial charge in [-0.25, -0.2) is 15.0 Å². The highest BCUT2D eigenvalue weighted by Crippen LogP contribution is 2.27. The number of thiophene rings is 1. The lowest BCUT2D eigenvalue weighted by Crippen LogP contribution is -2.31. The first-order chi connectivity index (χ1) is 11.5. The maximum absolute atomic E-state index is 4.82. The average molecular weight is 338 g/mol. The van der Waals surface area contributed by atoms with Crippen LogP contribution in [0.4, 0.5) is 0 Å². The molecule has 0 aliphatic carbocycles. The van der Waals surface area contributed by atoms with Crippen molar-refractivity contribution in [2.24, 2.45) is 0 Å². The summed E-state index contributed by atoms with van der Waals surface area (Å²) in [6.45, 7) is 9.45. The van der Waals surface area contributed by atoms with Crippen molar-refractivity contribution in [2.75, 3.05) is 6.54 Å². The molecule has 0 fully saturated rings. The average Bonchev–Trinajstić information content (AvgIpc) is 2.95. The van der Waals surface area contributed by atoms with Crippen molar-refractivity contribution in [3.8, 4) is 0 Å². The van der Waals surface area contributed by atoms with Gasteiger partial charge in [0, 0.05) is 65.4 Å². The summed E-state index contributed by atoms with van der Waals surface area (Å²) in [6, 6.07) is 6.40. The molecular formula is C19H22N4S. The fourth-order valence-corrected chi connectivity index (χ4v) is 4.13. The molecule has 124 valence electrons. The quantitative estimate of drug-likeness (QED) is 0.710. The number of hydrogen-bond donors (Lipinski definition) is 0. The van der Waals surface area contributed by atoms with E-state index < -0.39 is 0 Å². The molecule has 3 aromatic rings. The highest BCUT2D eigenvalue weighted by Gasteiger charge is 2.23. The maximum Gasteiger partial charge on any atom is 0.133 e. The van der Waals surface area contributed by atoms with Gasteiger partial charge in [0.15, 0.2) is 0 Å². The van der Waals surface area contributed by atoms with Crippen molar-refractivity contribution < 1.29 is 0 Å². The van der Waals surface area contributed by atoms with Crippen molar-refractivity contribution in [2.45, 2.75) is 45.7 Å².